The zero-order chi connectivity index (χ0) is 30.2. The van der Waals surface area contributed by atoms with Gasteiger partial charge in [0.25, 0.3) is 5.91 Å². The highest BCUT2D eigenvalue weighted by Crippen LogP contribution is 2.30. The first kappa shape index (κ1) is 30.3. The van der Waals surface area contributed by atoms with Crippen LogP contribution in [-0.2, 0) is 16.1 Å². The van der Waals surface area contributed by atoms with Crippen LogP contribution in [0.25, 0.3) is 0 Å². The van der Waals surface area contributed by atoms with E-state index in [0.717, 1.165) is 55.3 Å². The van der Waals surface area contributed by atoms with Crippen molar-refractivity contribution in [1.82, 2.24) is 10.2 Å². The number of anilines is 2. The predicted molar refractivity (Wildman–Crippen MR) is 167 cm³/mol. The fraction of sp³-hybridized carbons (Fsp3) is 0.400. The highest BCUT2D eigenvalue weighted by molar-refractivity contribution is 6.02. The number of benzene rings is 3. The van der Waals surface area contributed by atoms with Crippen LogP contribution in [0.4, 0.5) is 15.8 Å². The fourth-order valence-electron chi connectivity index (χ4n) is 6.22. The molecule has 226 valence electrons. The SMILES string of the molecule is CCC(C(=O)N1CCCN(c2ccc(NC(=O)C3CCCC3)cc2C(=O)NCc2ccc(F)cc2)CC1)c1ccccc1. The molecule has 1 atom stereocenters. The molecule has 2 fully saturated rings. The Balaban J connectivity index is 1.33. The summed E-state index contributed by atoms with van der Waals surface area (Å²) in [5.41, 5.74) is 3.64. The van der Waals surface area contributed by atoms with Crippen LogP contribution in [0.3, 0.4) is 0 Å². The zero-order valence-electron chi connectivity index (χ0n) is 24.9. The lowest BCUT2D eigenvalue weighted by molar-refractivity contribution is -0.132. The van der Waals surface area contributed by atoms with Crippen molar-refractivity contribution in [2.24, 2.45) is 5.92 Å². The van der Waals surface area contributed by atoms with Gasteiger partial charge in [0.15, 0.2) is 0 Å². The zero-order valence-corrected chi connectivity index (χ0v) is 24.9. The lowest BCUT2D eigenvalue weighted by Gasteiger charge is -2.28. The summed E-state index contributed by atoms with van der Waals surface area (Å²) < 4.78 is 13.4. The van der Waals surface area contributed by atoms with Crippen LogP contribution >= 0.6 is 0 Å². The Morgan fingerprint density at radius 2 is 1.63 bits per heavy atom. The standard InChI is InChI=1S/C35H41FN4O3/c1-2-30(26-9-4-3-5-10-26)35(43)40-20-8-19-39(21-22-40)32-18-17-29(38-33(41)27-11-6-7-12-27)23-31(32)34(42)37-24-25-13-15-28(36)16-14-25/h3-5,9-10,13-18,23,27,30H,2,6-8,11-12,19-22,24H2,1H3,(H,37,42)(H,38,41). The highest BCUT2D eigenvalue weighted by Gasteiger charge is 2.28. The minimum atomic E-state index is -0.328. The largest absolute Gasteiger partial charge is 0.369 e. The number of amides is 3. The number of rotatable bonds is 9. The molecule has 3 aromatic rings. The molecule has 1 saturated carbocycles. The van der Waals surface area contributed by atoms with Gasteiger partial charge in [-0.25, -0.2) is 4.39 Å². The van der Waals surface area contributed by atoms with Crippen molar-refractivity contribution in [3.8, 4) is 0 Å². The molecule has 3 amide bonds. The predicted octanol–water partition coefficient (Wildman–Crippen LogP) is 6.12. The van der Waals surface area contributed by atoms with Crippen molar-refractivity contribution in [1.29, 1.82) is 0 Å². The lowest BCUT2D eigenvalue weighted by atomic mass is 9.95. The molecule has 1 unspecified atom stereocenters. The second-order valence-corrected chi connectivity index (χ2v) is 11.5. The maximum atomic E-state index is 13.6. The second-order valence-electron chi connectivity index (χ2n) is 11.5. The Morgan fingerprint density at radius 1 is 0.884 bits per heavy atom. The number of halogens is 1. The van der Waals surface area contributed by atoms with Gasteiger partial charge >= 0.3 is 0 Å². The molecule has 7 nitrogen and oxygen atoms in total. The molecule has 2 N–H and O–H groups in total. The van der Waals surface area contributed by atoms with Gasteiger partial charge in [-0.05, 0) is 67.1 Å². The molecule has 1 heterocycles. The molecule has 1 aliphatic heterocycles. The Labute approximate surface area is 253 Å². The van der Waals surface area contributed by atoms with Gasteiger partial charge in [-0.2, -0.15) is 0 Å². The summed E-state index contributed by atoms with van der Waals surface area (Å²) in [4.78, 5) is 44.1. The summed E-state index contributed by atoms with van der Waals surface area (Å²) in [5.74, 6) is -0.640. The van der Waals surface area contributed by atoms with E-state index in [9.17, 15) is 18.8 Å². The van der Waals surface area contributed by atoms with Crippen LogP contribution in [0.5, 0.6) is 0 Å². The van der Waals surface area contributed by atoms with Gasteiger partial charge in [-0.1, -0.05) is 62.2 Å². The van der Waals surface area contributed by atoms with Gasteiger partial charge in [0.05, 0.1) is 11.5 Å². The van der Waals surface area contributed by atoms with Crippen LogP contribution in [-0.4, -0.2) is 48.8 Å². The van der Waals surface area contributed by atoms with E-state index in [2.05, 4.69) is 15.5 Å². The quantitative estimate of drug-likeness (QED) is 0.318. The van der Waals surface area contributed by atoms with E-state index >= 15 is 0 Å². The monoisotopic (exact) mass is 584 g/mol. The summed E-state index contributed by atoms with van der Waals surface area (Å²) in [7, 11) is 0. The summed E-state index contributed by atoms with van der Waals surface area (Å²) in [5, 5.41) is 5.99. The lowest BCUT2D eigenvalue weighted by Crippen LogP contribution is -2.38. The maximum absolute atomic E-state index is 13.6. The van der Waals surface area contributed by atoms with Crippen molar-refractivity contribution in [2.75, 3.05) is 36.4 Å². The summed E-state index contributed by atoms with van der Waals surface area (Å²) >= 11 is 0. The molecule has 0 radical (unpaired) electrons. The van der Waals surface area contributed by atoms with E-state index in [4.69, 9.17) is 0 Å². The first-order valence-electron chi connectivity index (χ1n) is 15.5. The van der Waals surface area contributed by atoms with E-state index in [1.807, 2.05) is 54.3 Å². The van der Waals surface area contributed by atoms with Gasteiger partial charge < -0.3 is 20.4 Å². The second kappa shape index (κ2) is 14.3. The summed E-state index contributed by atoms with van der Waals surface area (Å²) in [6.07, 6.45) is 5.41. The van der Waals surface area contributed by atoms with E-state index in [-0.39, 0.29) is 41.9 Å². The van der Waals surface area contributed by atoms with Crippen molar-refractivity contribution in [3.05, 3.63) is 95.3 Å². The Bertz CT molecular complexity index is 1410. The molecule has 43 heavy (non-hydrogen) atoms. The Hall–Kier alpha value is -4.20. The first-order valence-corrected chi connectivity index (χ1v) is 15.5. The Kier molecular flexibility index (Phi) is 10.1. The third kappa shape index (κ3) is 7.61. The van der Waals surface area contributed by atoms with Crippen LogP contribution in [0.1, 0.15) is 72.9 Å². The van der Waals surface area contributed by atoms with E-state index in [1.165, 1.54) is 12.1 Å². The fourth-order valence-corrected chi connectivity index (χ4v) is 6.22. The number of nitrogens with zero attached hydrogens (tertiary/aromatic N) is 2. The normalized spacial score (nSPS) is 16.4. The van der Waals surface area contributed by atoms with E-state index in [0.29, 0.717) is 37.4 Å². The minimum absolute atomic E-state index is 0.00394. The molecule has 2 aliphatic rings. The molecule has 0 aromatic heterocycles. The number of hydrogen-bond acceptors (Lipinski definition) is 4. The van der Waals surface area contributed by atoms with Crippen LogP contribution in [0.15, 0.2) is 72.8 Å². The highest BCUT2D eigenvalue weighted by atomic mass is 19.1. The van der Waals surface area contributed by atoms with Crippen LogP contribution in [0, 0.1) is 11.7 Å². The van der Waals surface area contributed by atoms with Gasteiger partial charge in [-0.3, -0.25) is 14.4 Å². The Morgan fingerprint density at radius 3 is 2.35 bits per heavy atom. The molecular formula is C35H41FN4O3. The average molecular weight is 585 g/mol. The van der Waals surface area contributed by atoms with Crippen LogP contribution < -0.4 is 15.5 Å². The maximum Gasteiger partial charge on any atom is 0.253 e. The summed E-state index contributed by atoms with van der Waals surface area (Å²) in [6.45, 7) is 4.78. The third-order valence-corrected chi connectivity index (χ3v) is 8.66. The summed E-state index contributed by atoms with van der Waals surface area (Å²) in [6, 6.07) is 21.5. The van der Waals surface area contributed by atoms with Gasteiger partial charge in [0, 0.05) is 50.0 Å². The number of nitrogens with one attached hydrogen (secondary N) is 2. The third-order valence-electron chi connectivity index (χ3n) is 8.66. The van der Waals surface area contributed by atoms with E-state index in [1.54, 1.807) is 18.2 Å². The molecule has 5 rings (SSSR count). The minimum Gasteiger partial charge on any atom is -0.369 e. The molecular weight excluding hydrogens is 543 g/mol. The topological polar surface area (TPSA) is 81.8 Å². The molecule has 8 heteroatoms. The van der Waals surface area contributed by atoms with Gasteiger partial charge in [-0.15, -0.1) is 0 Å². The molecule has 0 spiro atoms. The molecule has 3 aromatic carbocycles. The van der Waals surface area contributed by atoms with Crippen molar-refractivity contribution in [3.63, 3.8) is 0 Å². The van der Waals surface area contributed by atoms with Gasteiger partial charge in [0.2, 0.25) is 11.8 Å². The van der Waals surface area contributed by atoms with Crippen LogP contribution in [0.2, 0.25) is 0 Å². The number of carbonyl (C=O) groups is 3. The average Bonchev–Trinajstić information content (AvgIpc) is 3.47. The molecule has 1 saturated heterocycles. The number of carbonyl (C=O) groups excluding carboxylic acids is 3. The van der Waals surface area contributed by atoms with Crippen molar-refractivity contribution < 1.29 is 18.8 Å². The smallest absolute Gasteiger partial charge is 0.253 e. The van der Waals surface area contributed by atoms with Gasteiger partial charge in [0.1, 0.15) is 5.82 Å². The first-order chi connectivity index (χ1) is 20.9. The van der Waals surface area contributed by atoms with Crippen molar-refractivity contribution >= 4 is 29.1 Å². The van der Waals surface area contributed by atoms with Crippen molar-refractivity contribution in [2.45, 2.75) is 57.9 Å². The molecule has 1 aliphatic carbocycles. The number of hydrogen-bond donors (Lipinski definition) is 2. The van der Waals surface area contributed by atoms with E-state index < -0.39 is 0 Å². The molecule has 0 bridgehead atoms.